The highest BCUT2D eigenvalue weighted by atomic mass is 16.3. The summed E-state index contributed by atoms with van der Waals surface area (Å²) < 4.78 is 1.84. The monoisotopic (exact) mass is 377 g/mol. The molecule has 1 amide bonds. The molecule has 0 aliphatic heterocycles. The second-order valence-electron chi connectivity index (χ2n) is 7.30. The van der Waals surface area contributed by atoms with Crippen molar-refractivity contribution in [3.8, 4) is 11.4 Å². The number of carbonyl (C=O) groups excluding carboxylic acids is 1. The van der Waals surface area contributed by atoms with Gasteiger partial charge in [-0.1, -0.05) is 30.3 Å². The van der Waals surface area contributed by atoms with Crippen molar-refractivity contribution in [2.45, 2.75) is 37.3 Å². The molecule has 2 aromatic heterocycles. The molecule has 1 aromatic carbocycles. The van der Waals surface area contributed by atoms with Crippen LogP contribution in [0, 0.1) is 0 Å². The van der Waals surface area contributed by atoms with Crippen LogP contribution in [0.3, 0.4) is 0 Å². The third-order valence-corrected chi connectivity index (χ3v) is 5.40. The molecule has 1 fully saturated rings. The maximum Gasteiger partial charge on any atom is 0.289 e. The Hall–Kier alpha value is -3.06. The summed E-state index contributed by atoms with van der Waals surface area (Å²) in [6, 6.07) is 11.5. The van der Waals surface area contributed by atoms with E-state index in [0.29, 0.717) is 31.4 Å². The molecule has 28 heavy (non-hydrogen) atoms. The summed E-state index contributed by atoms with van der Waals surface area (Å²) in [5.74, 6) is -0.151. The van der Waals surface area contributed by atoms with Crippen LogP contribution >= 0.6 is 0 Å². The molecule has 7 nitrogen and oxygen atoms in total. The summed E-state index contributed by atoms with van der Waals surface area (Å²) in [5, 5.41) is 13.9. The van der Waals surface area contributed by atoms with Crippen LogP contribution in [0.25, 0.3) is 11.4 Å². The van der Waals surface area contributed by atoms with E-state index in [0.717, 1.165) is 11.3 Å². The molecule has 7 heteroatoms. The summed E-state index contributed by atoms with van der Waals surface area (Å²) in [6.07, 6.45) is 7.61. The molecule has 0 saturated heterocycles. The molecule has 144 valence electrons. The first-order valence-electron chi connectivity index (χ1n) is 9.44. The van der Waals surface area contributed by atoms with E-state index in [2.05, 4.69) is 20.3 Å². The SMILES string of the molecule is Cn1cncc1-c1ccnc(C(=O)NC2CCC(O)(c3ccccc3)CC2)n1. The molecule has 2 heterocycles. The normalized spacial score (nSPS) is 22.0. The Balaban J connectivity index is 1.41. The third-order valence-electron chi connectivity index (χ3n) is 5.40. The zero-order valence-electron chi connectivity index (χ0n) is 15.7. The quantitative estimate of drug-likeness (QED) is 0.728. The van der Waals surface area contributed by atoms with Gasteiger partial charge in [-0.15, -0.1) is 0 Å². The van der Waals surface area contributed by atoms with Gasteiger partial charge in [0.25, 0.3) is 5.91 Å². The molecule has 3 aromatic rings. The first-order chi connectivity index (χ1) is 13.5. The lowest BCUT2D eigenvalue weighted by Crippen LogP contribution is -2.42. The van der Waals surface area contributed by atoms with Gasteiger partial charge in [0.15, 0.2) is 0 Å². The van der Waals surface area contributed by atoms with Crippen molar-refractivity contribution in [1.29, 1.82) is 0 Å². The Morgan fingerprint density at radius 1 is 1.21 bits per heavy atom. The van der Waals surface area contributed by atoms with Crippen LogP contribution in [0.5, 0.6) is 0 Å². The molecular formula is C21H23N5O2. The standard InChI is InChI=1S/C21H23N5O2/c1-26-14-22-13-18(26)17-9-12-23-19(25-17)20(27)24-16-7-10-21(28,11-8-16)15-5-3-2-4-6-15/h2-6,9,12-14,16,28H,7-8,10-11H2,1H3,(H,24,27). The Bertz CT molecular complexity index is 962. The van der Waals surface area contributed by atoms with Gasteiger partial charge in [0.1, 0.15) is 0 Å². The van der Waals surface area contributed by atoms with Crippen molar-refractivity contribution in [2.75, 3.05) is 0 Å². The molecule has 0 atom stereocenters. The number of aromatic nitrogens is 4. The molecule has 1 saturated carbocycles. The Kier molecular flexibility index (Phi) is 4.92. The minimum Gasteiger partial charge on any atom is -0.385 e. The number of benzene rings is 1. The summed E-state index contributed by atoms with van der Waals surface area (Å²) in [6.45, 7) is 0. The Morgan fingerprint density at radius 3 is 2.64 bits per heavy atom. The first-order valence-corrected chi connectivity index (χ1v) is 9.44. The maximum atomic E-state index is 12.6. The van der Waals surface area contributed by atoms with Crippen LogP contribution in [-0.4, -0.2) is 36.6 Å². The van der Waals surface area contributed by atoms with Gasteiger partial charge in [-0.05, 0) is 37.3 Å². The van der Waals surface area contributed by atoms with Crippen molar-refractivity contribution < 1.29 is 9.90 Å². The second kappa shape index (κ2) is 7.52. The van der Waals surface area contributed by atoms with Crippen LogP contribution in [-0.2, 0) is 12.6 Å². The predicted octanol–water partition coefficient (Wildman–Crippen LogP) is 2.44. The number of nitrogens with zero attached hydrogens (tertiary/aromatic N) is 4. The fraction of sp³-hybridized carbons (Fsp3) is 0.333. The number of rotatable bonds is 4. The number of nitrogens with one attached hydrogen (secondary N) is 1. The van der Waals surface area contributed by atoms with Crippen molar-refractivity contribution in [2.24, 2.45) is 7.05 Å². The van der Waals surface area contributed by atoms with Gasteiger partial charge in [-0.3, -0.25) is 4.79 Å². The summed E-state index contributed by atoms with van der Waals surface area (Å²) in [5.41, 5.74) is 1.59. The topological polar surface area (TPSA) is 92.9 Å². The van der Waals surface area contributed by atoms with Crippen LogP contribution < -0.4 is 5.32 Å². The van der Waals surface area contributed by atoms with Gasteiger partial charge >= 0.3 is 0 Å². The zero-order chi connectivity index (χ0) is 19.6. The summed E-state index contributed by atoms with van der Waals surface area (Å²) in [4.78, 5) is 25.2. The lowest BCUT2D eigenvalue weighted by Gasteiger charge is -2.36. The highest BCUT2D eigenvalue weighted by Gasteiger charge is 2.35. The molecular weight excluding hydrogens is 354 g/mol. The fourth-order valence-corrected chi connectivity index (χ4v) is 3.74. The minimum atomic E-state index is -0.821. The van der Waals surface area contributed by atoms with Crippen LogP contribution in [0.1, 0.15) is 41.9 Å². The number of hydrogen-bond donors (Lipinski definition) is 2. The average molecular weight is 377 g/mol. The molecule has 0 spiro atoms. The van der Waals surface area contributed by atoms with Crippen molar-refractivity contribution in [1.82, 2.24) is 24.8 Å². The van der Waals surface area contributed by atoms with E-state index in [1.807, 2.05) is 41.9 Å². The van der Waals surface area contributed by atoms with E-state index in [1.165, 1.54) is 0 Å². The third kappa shape index (κ3) is 3.66. The lowest BCUT2D eigenvalue weighted by molar-refractivity contribution is -0.00807. The lowest BCUT2D eigenvalue weighted by atomic mass is 9.78. The number of aryl methyl sites for hydroxylation is 1. The van der Waals surface area contributed by atoms with Gasteiger partial charge in [-0.2, -0.15) is 0 Å². The smallest absolute Gasteiger partial charge is 0.289 e. The molecule has 0 bridgehead atoms. The first kappa shape index (κ1) is 18.3. The van der Waals surface area contributed by atoms with Gasteiger partial charge in [0, 0.05) is 19.3 Å². The van der Waals surface area contributed by atoms with E-state index >= 15 is 0 Å². The van der Waals surface area contributed by atoms with Gasteiger partial charge in [-0.25, -0.2) is 15.0 Å². The number of aliphatic hydroxyl groups is 1. The number of imidazole rings is 1. The van der Waals surface area contributed by atoms with Crippen molar-refractivity contribution in [3.63, 3.8) is 0 Å². The maximum absolute atomic E-state index is 12.6. The second-order valence-corrected chi connectivity index (χ2v) is 7.30. The molecule has 0 radical (unpaired) electrons. The molecule has 1 aliphatic rings. The molecule has 1 aliphatic carbocycles. The van der Waals surface area contributed by atoms with E-state index < -0.39 is 5.60 Å². The predicted molar refractivity (Wildman–Crippen MR) is 104 cm³/mol. The summed E-state index contributed by atoms with van der Waals surface area (Å²) in [7, 11) is 1.88. The van der Waals surface area contributed by atoms with Gasteiger partial charge < -0.3 is 15.0 Å². The zero-order valence-corrected chi connectivity index (χ0v) is 15.7. The highest BCUT2D eigenvalue weighted by Crippen LogP contribution is 2.37. The number of amides is 1. The summed E-state index contributed by atoms with van der Waals surface area (Å²) >= 11 is 0. The van der Waals surface area contributed by atoms with E-state index in [-0.39, 0.29) is 17.8 Å². The highest BCUT2D eigenvalue weighted by molar-refractivity contribution is 5.91. The Morgan fingerprint density at radius 2 is 1.96 bits per heavy atom. The molecule has 0 unspecified atom stereocenters. The largest absolute Gasteiger partial charge is 0.385 e. The van der Waals surface area contributed by atoms with Gasteiger partial charge in [0.05, 0.1) is 29.5 Å². The van der Waals surface area contributed by atoms with E-state index in [9.17, 15) is 9.90 Å². The van der Waals surface area contributed by atoms with Crippen LogP contribution in [0.4, 0.5) is 0 Å². The Labute approximate surface area is 163 Å². The van der Waals surface area contributed by atoms with E-state index in [4.69, 9.17) is 0 Å². The van der Waals surface area contributed by atoms with Gasteiger partial charge in [0.2, 0.25) is 5.82 Å². The fourth-order valence-electron chi connectivity index (χ4n) is 3.74. The number of hydrogen-bond acceptors (Lipinski definition) is 5. The average Bonchev–Trinajstić information content (AvgIpc) is 3.16. The van der Waals surface area contributed by atoms with Crippen LogP contribution in [0.2, 0.25) is 0 Å². The van der Waals surface area contributed by atoms with E-state index in [1.54, 1.807) is 24.8 Å². The molecule has 4 rings (SSSR count). The molecule has 2 N–H and O–H groups in total. The van der Waals surface area contributed by atoms with Crippen LogP contribution in [0.15, 0.2) is 55.1 Å². The number of carbonyl (C=O) groups is 1. The van der Waals surface area contributed by atoms with Crippen molar-refractivity contribution >= 4 is 5.91 Å². The van der Waals surface area contributed by atoms with Crippen molar-refractivity contribution in [3.05, 3.63) is 66.5 Å². The minimum absolute atomic E-state index is 0.000413.